The molecule has 1 aliphatic rings. The standard InChI is InChI=1S/C12H13Cl2NO4S2/c1-7-6-20-3-2-15(7)21(18,19)10-5-8(13)4-9(11(10)14)12(16)17/h4-5,7H,2-3,6H2,1H3,(H,16,17). The average molecular weight is 370 g/mol. The number of carbonyl (C=O) groups is 1. The smallest absolute Gasteiger partial charge is 0.337 e. The van der Waals surface area contributed by atoms with Crippen LogP contribution in [-0.4, -0.2) is 47.9 Å². The maximum absolute atomic E-state index is 12.7. The highest BCUT2D eigenvalue weighted by atomic mass is 35.5. The molecule has 0 saturated carbocycles. The molecule has 9 heteroatoms. The highest BCUT2D eigenvalue weighted by molar-refractivity contribution is 7.99. The van der Waals surface area contributed by atoms with E-state index in [4.69, 9.17) is 28.3 Å². The van der Waals surface area contributed by atoms with E-state index in [1.54, 1.807) is 18.7 Å². The lowest BCUT2D eigenvalue weighted by Gasteiger charge is -2.32. The van der Waals surface area contributed by atoms with E-state index in [9.17, 15) is 13.2 Å². The molecule has 21 heavy (non-hydrogen) atoms. The van der Waals surface area contributed by atoms with Gasteiger partial charge in [-0.2, -0.15) is 16.1 Å². The molecular formula is C12H13Cl2NO4S2. The third kappa shape index (κ3) is 3.32. The molecule has 0 aromatic heterocycles. The largest absolute Gasteiger partial charge is 0.478 e. The fourth-order valence-electron chi connectivity index (χ4n) is 2.10. The SMILES string of the molecule is CC1CSCCN1S(=O)(=O)c1cc(Cl)cc(C(=O)O)c1Cl. The van der Waals surface area contributed by atoms with Gasteiger partial charge in [0.25, 0.3) is 0 Å². The van der Waals surface area contributed by atoms with E-state index >= 15 is 0 Å². The van der Waals surface area contributed by atoms with Gasteiger partial charge in [0.1, 0.15) is 4.90 Å². The molecule has 0 bridgehead atoms. The molecule has 116 valence electrons. The summed E-state index contributed by atoms with van der Waals surface area (Å²) in [5.41, 5.74) is -0.318. The Bertz CT molecular complexity index is 678. The van der Waals surface area contributed by atoms with Gasteiger partial charge in [0.15, 0.2) is 0 Å². The number of hydrogen-bond acceptors (Lipinski definition) is 4. The van der Waals surface area contributed by atoms with Gasteiger partial charge in [-0.05, 0) is 19.1 Å². The van der Waals surface area contributed by atoms with Crippen molar-refractivity contribution in [1.82, 2.24) is 4.31 Å². The number of carboxylic acids is 1. The minimum atomic E-state index is -3.88. The Morgan fingerprint density at radius 2 is 2.10 bits per heavy atom. The van der Waals surface area contributed by atoms with Gasteiger partial charge in [-0.25, -0.2) is 13.2 Å². The molecule has 0 spiro atoms. The van der Waals surface area contributed by atoms with Gasteiger partial charge >= 0.3 is 5.97 Å². The van der Waals surface area contributed by atoms with Gasteiger partial charge in [-0.15, -0.1) is 0 Å². The molecule has 1 fully saturated rings. The summed E-state index contributed by atoms with van der Waals surface area (Å²) in [5.74, 6) is 0.0534. The number of thioether (sulfide) groups is 1. The molecule has 1 N–H and O–H groups in total. The zero-order valence-electron chi connectivity index (χ0n) is 11.0. The number of benzene rings is 1. The summed E-state index contributed by atoms with van der Waals surface area (Å²) in [6.45, 7) is 2.17. The van der Waals surface area contributed by atoms with Crippen molar-refractivity contribution in [2.24, 2.45) is 0 Å². The normalized spacial score (nSPS) is 20.4. The van der Waals surface area contributed by atoms with Crippen LogP contribution in [0.4, 0.5) is 0 Å². The molecule has 0 aliphatic carbocycles. The molecule has 1 aliphatic heterocycles. The van der Waals surface area contributed by atoms with Gasteiger partial charge in [-0.3, -0.25) is 0 Å². The van der Waals surface area contributed by atoms with Gasteiger partial charge in [0.2, 0.25) is 10.0 Å². The van der Waals surface area contributed by atoms with Crippen LogP contribution in [0.15, 0.2) is 17.0 Å². The summed E-state index contributed by atoms with van der Waals surface area (Å²) in [7, 11) is -3.88. The molecule has 1 saturated heterocycles. The van der Waals surface area contributed by atoms with Crippen LogP contribution in [0.1, 0.15) is 17.3 Å². The third-order valence-electron chi connectivity index (χ3n) is 3.13. The number of sulfonamides is 1. The molecule has 1 aromatic carbocycles. The highest BCUT2D eigenvalue weighted by Crippen LogP contribution is 2.33. The second kappa shape index (κ2) is 6.34. The monoisotopic (exact) mass is 369 g/mol. The third-order valence-corrected chi connectivity index (χ3v) is 7.09. The van der Waals surface area contributed by atoms with E-state index < -0.39 is 16.0 Å². The van der Waals surface area contributed by atoms with Gasteiger partial charge in [-0.1, -0.05) is 23.2 Å². The van der Waals surface area contributed by atoms with Crippen molar-refractivity contribution in [3.05, 3.63) is 27.7 Å². The van der Waals surface area contributed by atoms with Crippen LogP contribution in [0.2, 0.25) is 10.0 Å². The van der Waals surface area contributed by atoms with Crippen molar-refractivity contribution < 1.29 is 18.3 Å². The topological polar surface area (TPSA) is 74.7 Å². The maximum atomic E-state index is 12.7. The predicted molar refractivity (Wildman–Crippen MR) is 84.1 cm³/mol. The molecule has 1 aromatic rings. The zero-order chi connectivity index (χ0) is 15.8. The number of nitrogens with zero attached hydrogens (tertiary/aromatic N) is 1. The first-order valence-corrected chi connectivity index (χ1v) is 9.42. The number of rotatable bonds is 3. The summed E-state index contributed by atoms with van der Waals surface area (Å²) < 4.78 is 26.8. The van der Waals surface area contributed by atoms with Gasteiger partial charge < -0.3 is 5.11 Å². The Kier molecular flexibility index (Phi) is 5.10. The minimum Gasteiger partial charge on any atom is -0.478 e. The van der Waals surface area contributed by atoms with Gasteiger partial charge in [0, 0.05) is 29.1 Å². The highest BCUT2D eigenvalue weighted by Gasteiger charge is 2.34. The van der Waals surface area contributed by atoms with E-state index in [1.807, 2.05) is 0 Å². The second-order valence-corrected chi connectivity index (χ2v) is 8.43. The Morgan fingerprint density at radius 1 is 1.43 bits per heavy atom. The maximum Gasteiger partial charge on any atom is 0.337 e. The van der Waals surface area contributed by atoms with Crippen LogP contribution in [0.25, 0.3) is 0 Å². The average Bonchev–Trinajstić information content (AvgIpc) is 2.40. The van der Waals surface area contributed by atoms with Crippen LogP contribution in [0.5, 0.6) is 0 Å². The lowest BCUT2D eigenvalue weighted by molar-refractivity contribution is 0.0697. The summed E-state index contributed by atoms with van der Waals surface area (Å²) in [5, 5.41) is 8.80. The first-order valence-electron chi connectivity index (χ1n) is 6.07. The van der Waals surface area contributed by atoms with E-state index in [2.05, 4.69) is 0 Å². The van der Waals surface area contributed by atoms with Crippen molar-refractivity contribution in [2.75, 3.05) is 18.1 Å². The Hall–Kier alpha value is -0.470. The summed E-state index contributed by atoms with van der Waals surface area (Å²) in [6, 6.07) is 2.15. The van der Waals surface area contributed by atoms with Crippen LogP contribution >= 0.6 is 35.0 Å². The fraction of sp³-hybridized carbons (Fsp3) is 0.417. The van der Waals surface area contributed by atoms with Crippen LogP contribution in [0, 0.1) is 0 Å². The molecule has 0 amide bonds. The van der Waals surface area contributed by atoms with Gasteiger partial charge in [0.05, 0.1) is 10.6 Å². The summed E-state index contributed by atoms with van der Waals surface area (Å²) >= 11 is 13.5. The molecule has 1 heterocycles. The van der Waals surface area contributed by atoms with Crippen LogP contribution in [0.3, 0.4) is 0 Å². The minimum absolute atomic E-state index is 0.0226. The van der Waals surface area contributed by atoms with Crippen molar-refractivity contribution in [1.29, 1.82) is 0 Å². The van der Waals surface area contributed by atoms with Crippen molar-refractivity contribution in [3.63, 3.8) is 0 Å². The number of aromatic carboxylic acids is 1. The predicted octanol–water partition coefficient (Wildman–Crippen LogP) is 2.82. The number of halogens is 2. The van der Waals surface area contributed by atoms with E-state index in [0.717, 1.165) is 6.07 Å². The first kappa shape index (κ1) is 16.9. The molecule has 1 atom stereocenters. The van der Waals surface area contributed by atoms with Crippen molar-refractivity contribution in [3.8, 4) is 0 Å². The molecule has 5 nitrogen and oxygen atoms in total. The van der Waals surface area contributed by atoms with Crippen LogP contribution < -0.4 is 0 Å². The van der Waals surface area contributed by atoms with E-state index in [0.29, 0.717) is 18.1 Å². The molecular weight excluding hydrogens is 357 g/mol. The molecule has 1 unspecified atom stereocenters. The molecule has 0 radical (unpaired) electrons. The number of carboxylic acid groups (broad SMARTS) is 1. The summed E-state index contributed by atoms with van der Waals surface area (Å²) in [4.78, 5) is 10.9. The zero-order valence-corrected chi connectivity index (χ0v) is 14.2. The second-order valence-electron chi connectivity index (χ2n) is 4.61. The Balaban J connectivity index is 2.57. The van der Waals surface area contributed by atoms with Crippen molar-refractivity contribution >= 4 is 51.0 Å². The van der Waals surface area contributed by atoms with E-state index in [-0.39, 0.29) is 26.5 Å². The quantitative estimate of drug-likeness (QED) is 0.886. The van der Waals surface area contributed by atoms with Crippen LogP contribution in [-0.2, 0) is 10.0 Å². The Labute approximate surface area is 137 Å². The lowest BCUT2D eigenvalue weighted by atomic mass is 10.2. The fourth-order valence-corrected chi connectivity index (χ4v) is 5.84. The Morgan fingerprint density at radius 3 is 2.67 bits per heavy atom. The number of hydrogen-bond donors (Lipinski definition) is 1. The lowest BCUT2D eigenvalue weighted by Crippen LogP contribution is -2.44. The molecule has 2 rings (SSSR count). The first-order chi connectivity index (χ1) is 9.75. The summed E-state index contributed by atoms with van der Waals surface area (Å²) in [6.07, 6.45) is 0. The van der Waals surface area contributed by atoms with Crippen molar-refractivity contribution in [2.45, 2.75) is 17.9 Å². The van der Waals surface area contributed by atoms with E-state index in [1.165, 1.54) is 10.4 Å².